The van der Waals surface area contributed by atoms with Crippen molar-refractivity contribution in [2.45, 2.75) is 12.8 Å². The van der Waals surface area contributed by atoms with Crippen LogP contribution in [0.1, 0.15) is 23.5 Å². The highest BCUT2D eigenvalue weighted by atomic mass is 32.1. The highest BCUT2D eigenvalue weighted by Crippen LogP contribution is 2.31. The van der Waals surface area contributed by atoms with Gasteiger partial charge in [-0.15, -0.1) is 22.7 Å². The van der Waals surface area contributed by atoms with E-state index in [1.807, 2.05) is 64.2 Å². The van der Waals surface area contributed by atoms with Gasteiger partial charge in [-0.05, 0) is 35.9 Å². The second kappa shape index (κ2) is 8.01. The molecule has 1 N–H and O–H groups in total. The highest BCUT2D eigenvalue weighted by molar-refractivity contribution is 7.17. The molecule has 1 fully saturated rings. The van der Waals surface area contributed by atoms with Crippen LogP contribution in [0.15, 0.2) is 58.0 Å². The van der Waals surface area contributed by atoms with E-state index in [0.717, 1.165) is 41.9 Å². The molecule has 1 saturated heterocycles. The fraction of sp³-hybridized carbons (Fsp3) is 0.174. The van der Waals surface area contributed by atoms with Gasteiger partial charge in [0.1, 0.15) is 10.7 Å². The second-order valence-corrected chi connectivity index (χ2v) is 9.02. The molecule has 1 aliphatic heterocycles. The van der Waals surface area contributed by atoms with Crippen molar-refractivity contribution in [2.75, 3.05) is 13.1 Å². The zero-order valence-electron chi connectivity index (χ0n) is 16.1. The molecule has 5 nitrogen and oxygen atoms in total. The zero-order valence-corrected chi connectivity index (χ0v) is 17.8. The number of hydrogen-bond acceptors (Lipinski definition) is 5. The number of carbonyl (C=O) groups excluding carboxylic acids is 1. The van der Waals surface area contributed by atoms with Crippen molar-refractivity contribution in [3.05, 3.63) is 74.3 Å². The number of fused-ring (bicyclic) bond motifs is 1. The van der Waals surface area contributed by atoms with Crippen molar-refractivity contribution in [3.8, 4) is 11.1 Å². The van der Waals surface area contributed by atoms with E-state index in [1.165, 1.54) is 11.3 Å². The minimum atomic E-state index is -0.221. The largest absolute Gasteiger partial charge is 0.339 e. The summed E-state index contributed by atoms with van der Waals surface area (Å²) in [7, 11) is 0. The monoisotopic (exact) mass is 433 g/mol. The van der Waals surface area contributed by atoms with Gasteiger partial charge < -0.3 is 9.88 Å². The summed E-state index contributed by atoms with van der Waals surface area (Å²) in [5.41, 5.74) is 2.06. The normalized spacial score (nSPS) is 14.5. The number of rotatable bonds is 4. The first kappa shape index (κ1) is 19.0. The summed E-state index contributed by atoms with van der Waals surface area (Å²) in [6, 6.07) is 13.7. The number of aromatic amines is 1. The predicted octanol–water partition coefficient (Wildman–Crippen LogP) is 4.88. The van der Waals surface area contributed by atoms with Crippen LogP contribution in [0.4, 0.5) is 0 Å². The van der Waals surface area contributed by atoms with E-state index < -0.39 is 0 Å². The molecule has 0 spiro atoms. The van der Waals surface area contributed by atoms with Gasteiger partial charge in [0.05, 0.1) is 11.0 Å². The number of nitrogens with zero attached hydrogens (tertiary/aromatic N) is 2. The topological polar surface area (TPSA) is 66.1 Å². The van der Waals surface area contributed by atoms with Gasteiger partial charge in [-0.2, -0.15) is 0 Å². The molecule has 1 aliphatic rings. The first-order valence-electron chi connectivity index (χ1n) is 9.82. The lowest BCUT2D eigenvalue weighted by atomic mass is 10.1. The molecular formula is C23H19N3O2S2. The molecule has 3 aromatic heterocycles. The Kier molecular flexibility index (Phi) is 5.06. The van der Waals surface area contributed by atoms with E-state index in [4.69, 9.17) is 4.98 Å². The zero-order chi connectivity index (χ0) is 20.5. The van der Waals surface area contributed by atoms with Crippen molar-refractivity contribution >= 4 is 50.4 Å². The van der Waals surface area contributed by atoms with Crippen molar-refractivity contribution in [2.24, 2.45) is 0 Å². The van der Waals surface area contributed by atoms with Gasteiger partial charge in [0.15, 0.2) is 0 Å². The average Bonchev–Trinajstić information content (AvgIpc) is 3.54. The van der Waals surface area contributed by atoms with E-state index >= 15 is 0 Å². The van der Waals surface area contributed by atoms with Gasteiger partial charge in [0.25, 0.3) is 11.5 Å². The van der Waals surface area contributed by atoms with Gasteiger partial charge in [-0.1, -0.05) is 36.4 Å². The summed E-state index contributed by atoms with van der Waals surface area (Å²) in [6.45, 7) is 1.48. The van der Waals surface area contributed by atoms with Gasteiger partial charge >= 0.3 is 0 Å². The van der Waals surface area contributed by atoms with Gasteiger partial charge in [0.2, 0.25) is 0 Å². The lowest BCUT2D eigenvalue weighted by Gasteiger charge is -2.17. The molecule has 0 radical (unpaired) electrons. The van der Waals surface area contributed by atoms with Crippen molar-refractivity contribution in [1.29, 1.82) is 0 Å². The summed E-state index contributed by atoms with van der Waals surface area (Å²) < 4.78 is 0. The van der Waals surface area contributed by atoms with E-state index in [0.29, 0.717) is 21.6 Å². The van der Waals surface area contributed by atoms with Crippen molar-refractivity contribution in [3.63, 3.8) is 0 Å². The summed E-state index contributed by atoms with van der Waals surface area (Å²) in [5, 5.41) is 4.49. The van der Waals surface area contributed by atoms with Crippen LogP contribution in [0.5, 0.6) is 0 Å². The third-order valence-electron chi connectivity index (χ3n) is 5.24. The van der Waals surface area contributed by atoms with Crippen LogP contribution in [0.25, 0.3) is 33.0 Å². The summed E-state index contributed by atoms with van der Waals surface area (Å²) in [5.74, 6) is 0.252. The third-order valence-corrected chi connectivity index (χ3v) is 6.93. The van der Waals surface area contributed by atoms with E-state index in [1.54, 1.807) is 11.3 Å². The van der Waals surface area contributed by atoms with Crippen molar-refractivity contribution < 1.29 is 4.79 Å². The average molecular weight is 434 g/mol. The maximum atomic E-state index is 13.2. The summed E-state index contributed by atoms with van der Waals surface area (Å²) >= 11 is 2.98. The fourth-order valence-corrected chi connectivity index (χ4v) is 5.35. The first-order chi connectivity index (χ1) is 14.7. The lowest BCUT2D eigenvalue weighted by molar-refractivity contribution is -0.123. The number of aromatic nitrogens is 2. The first-order valence-corrected chi connectivity index (χ1v) is 11.6. The molecule has 0 unspecified atom stereocenters. The number of hydrogen-bond donors (Lipinski definition) is 1. The Morgan fingerprint density at radius 1 is 1.07 bits per heavy atom. The number of benzene rings is 1. The predicted molar refractivity (Wildman–Crippen MR) is 124 cm³/mol. The quantitative estimate of drug-likeness (QED) is 0.467. The number of thiophene rings is 2. The molecule has 1 aromatic carbocycles. The number of amides is 1. The Bertz CT molecular complexity index is 1280. The highest BCUT2D eigenvalue weighted by Gasteiger charge is 2.25. The van der Waals surface area contributed by atoms with Crippen LogP contribution in [0.3, 0.4) is 0 Å². The maximum Gasteiger partial charge on any atom is 0.260 e. The van der Waals surface area contributed by atoms with Crippen molar-refractivity contribution in [1.82, 2.24) is 14.9 Å². The van der Waals surface area contributed by atoms with Crippen LogP contribution in [-0.4, -0.2) is 33.9 Å². The molecule has 5 rings (SSSR count). The van der Waals surface area contributed by atoms with Crippen LogP contribution in [0.2, 0.25) is 0 Å². The van der Waals surface area contributed by atoms with E-state index in [-0.39, 0.29) is 11.5 Å². The Hall–Kier alpha value is -3.03. The Morgan fingerprint density at radius 3 is 2.60 bits per heavy atom. The molecule has 4 heterocycles. The SMILES string of the molecule is O=C(C(=Cc1cccs1)c1nc2scc(-c3ccccc3)c2c(=O)[nH]1)N1CCCC1. The maximum absolute atomic E-state index is 13.2. The molecule has 1 amide bonds. The summed E-state index contributed by atoms with van der Waals surface area (Å²) in [6.07, 6.45) is 3.85. The van der Waals surface area contributed by atoms with Gasteiger partial charge in [-0.25, -0.2) is 4.98 Å². The molecule has 0 saturated carbocycles. The number of H-pyrrole nitrogens is 1. The number of likely N-dealkylation sites (tertiary alicyclic amines) is 1. The molecule has 0 aliphatic carbocycles. The molecule has 4 aromatic rings. The van der Waals surface area contributed by atoms with Gasteiger partial charge in [-0.3, -0.25) is 9.59 Å². The number of carbonyl (C=O) groups is 1. The summed E-state index contributed by atoms with van der Waals surface area (Å²) in [4.78, 5) is 37.4. The van der Waals surface area contributed by atoms with E-state index in [9.17, 15) is 9.59 Å². The molecule has 30 heavy (non-hydrogen) atoms. The fourth-order valence-electron chi connectivity index (χ4n) is 3.74. The van der Waals surface area contributed by atoms with Crippen LogP contribution >= 0.6 is 22.7 Å². The second-order valence-electron chi connectivity index (χ2n) is 7.18. The molecule has 7 heteroatoms. The van der Waals surface area contributed by atoms with Crippen LogP contribution in [0, 0.1) is 0 Å². The Morgan fingerprint density at radius 2 is 1.87 bits per heavy atom. The minimum absolute atomic E-state index is 0.0803. The molecular weight excluding hydrogens is 414 g/mol. The van der Waals surface area contributed by atoms with Gasteiger partial charge in [0, 0.05) is 28.9 Å². The lowest BCUT2D eigenvalue weighted by Crippen LogP contribution is -2.29. The molecule has 150 valence electrons. The standard InChI is InChI=1S/C23H19N3O2S2/c27-21-19-18(15-7-2-1-3-8-15)14-30-22(19)25-20(24-21)17(13-16-9-6-12-29-16)23(28)26-10-4-5-11-26/h1-3,6-9,12-14H,4-5,10-11H2,(H,24,25,27). The smallest absolute Gasteiger partial charge is 0.260 e. The Labute approximate surface area is 181 Å². The number of nitrogens with one attached hydrogen (secondary N) is 1. The van der Waals surface area contributed by atoms with Crippen LogP contribution in [-0.2, 0) is 4.79 Å². The molecule has 0 bridgehead atoms. The Balaban J connectivity index is 1.64. The third kappa shape index (κ3) is 3.51. The molecule has 0 atom stereocenters. The van der Waals surface area contributed by atoms with E-state index in [2.05, 4.69) is 4.98 Å². The van der Waals surface area contributed by atoms with Crippen LogP contribution < -0.4 is 5.56 Å². The minimum Gasteiger partial charge on any atom is -0.339 e.